The predicted octanol–water partition coefficient (Wildman–Crippen LogP) is 2.84. The first-order valence-electron chi connectivity index (χ1n) is 7.68. The number of nitrogens with zero attached hydrogens (tertiary/aromatic N) is 1. The number of nitrogens with one attached hydrogen (secondary N) is 1. The maximum atomic E-state index is 12.4. The summed E-state index contributed by atoms with van der Waals surface area (Å²) in [6.07, 6.45) is 6.74. The number of anilines is 1. The monoisotopic (exact) mass is 273 g/mol. The van der Waals surface area contributed by atoms with Gasteiger partial charge in [0.25, 0.3) is 0 Å². The number of nitrogen functional groups attached to an aromatic ring is 1. The normalized spacial score (nSPS) is 22.2. The first kappa shape index (κ1) is 13.3. The smallest absolute Gasteiger partial charge is 0.317 e. The Kier molecular flexibility index (Phi) is 3.81. The van der Waals surface area contributed by atoms with Gasteiger partial charge in [0.05, 0.1) is 6.04 Å². The minimum absolute atomic E-state index is 0.0987. The van der Waals surface area contributed by atoms with Crippen LogP contribution in [0.4, 0.5) is 10.5 Å². The molecule has 3 N–H and O–H groups in total. The van der Waals surface area contributed by atoms with Gasteiger partial charge in [0.15, 0.2) is 0 Å². The molecule has 0 radical (unpaired) electrons. The summed E-state index contributed by atoms with van der Waals surface area (Å²) in [7, 11) is 0. The van der Waals surface area contributed by atoms with Gasteiger partial charge in [0, 0.05) is 18.8 Å². The van der Waals surface area contributed by atoms with Gasteiger partial charge in [-0.15, -0.1) is 0 Å². The van der Waals surface area contributed by atoms with Crippen LogP contribution in [0.3, 0.4) is 0 Å². The highest BCUT2D eigenvalue weighted by atomic mass is 16.2. The van der Waals surface area contributed by atoms with Gasteiger partial charge in [-0.2, -0.15) is 0 Å². The van der Waals surface area contributed by atoms with E-state index in [0.29, 0.717) is 0 Å². The summed E-state index contributed by atoms with van der Waals surface area (Å²) in [5.74, 6) is 0. The molecule has 0 spiro atoms. The third-order valence-electron chi connectivity index (χ3n) is 4.44. The number of rotatable bonds is 1. The van der Waals surface area contributed by atoms with Crippen molar-refractivity contribution in [2.24, 2.45) is 0 Å². The molecule has 1 aromatic carbocycles. The number of benzene rings is 1. The van der Waals surface area contributed by atoms with Crippen molar-refractivity contribution in [2.75, 3.05) is 18.8 Å². The van der Waals surface area contributed by atoms with Gasteiger partial charge in [0.2, 0.25) is 0 Å². The Morgan fingerprint density at radius 2 is 1.95 bits per heavy atom. The van der Waals surface area contributed by atoms with Crippen LogP contribution in [0.2, 0.25) is 0 Å². The standard InChI is InChI=1S/C16H23N3O/c17-13-6-7-14-12(11-13)5-8-15(14)18-16(20)19-9-3-1-2-4-10-19/h6-7,11,15H,1-5,8-10,17H2,(H,18,20). The van der Waals surface area contributed by atoms with Gasteiger partial charge >= 0.3 is 6.03 Å². The van der Waals surface area contributed by atoms with E-state index in [2.05, 4.69) is 11.4 Å². The highest BCUT2D eigenvalue weighted by molar-refractivity contribution is 5.75. The molecular weight excluding hydrogens is 250 g/mol. The Hall–Kier alpha value is -1.71. The maximum absolute atomic E-state index is 12.4. The minimum Gasteiger partial charge on any atom is -0.399 e. The number of aryl methyl sites for hydroxylation is 1. The summed E-state index contributed by atoms with van der Waals surface area (Å²) in [5.41, 5.74) is 9.15. The molecule has 4 heteroatoms. The second kappa shape index (κ2) is 5.73. The van der Waals surface area contributed by atoms with Crippen molar-refractivity contribution in [3.63, 3.8) is 0 Å². The van der Waals surface area contributed by atoms with Gasteiger partial charge in [0.1, 0.15) is 0 Å². The molecule has 1 aliphatic heterocycles. The molecule has 1 aliphatic carbocycles. The molecule has 3 rings (SSSR count). The second-order valence-corrected chi connectivity index (χ2v) is 5.90. The lowest BCUT2D eigenvalue weighted by atomic mass is 10.1. The SMILES string of the molecule is Nc1ccc2c(c1)CCC2NC(=O)N1CCCCCC1. The van der Waals surface area contributed by atoms with E-state index < -0.39 is 0 Å². The number of carbonyl (C=O) groups excluding carboxylic acids is 1. The molecule has 0 saturated carbocycles. The van der Waals surface area contributed by atoms with E-state index >= 15 is 0 Å². The quantitative estimate of drug-likeness (QED) is 0.773. The molecule has 2 aliphatic rings. The Morgan fingerprint density at radius 3 is 2.70 bits per heavy atom. The van der Waals surface area contributed by atoms with Crippen LogP contribution >= 0.6 is 0 Å². The molecule has 4 nitrogen and oxygen atoms in total. The van der Waals surface area contributed by atoms with Crippen molar-refractivity contribution < 1.29 is 4.79 Å². The van der Waals surface area contributed by atoms with Crippen molar-refractivity contribution in [2.45, 2.75) is 44.6 Å². The van der Waals surface area contributed by atoms with E-state index in [1.54, 1.807) is 0 Å². The summed E-state index contributed by atoms with van der Waals surface area (Å²) < 4.78 is 0. The number of urea groups is 1. The van der Waals surface area contributed by atoms with Crippen LogP contribution < -0.4 is 11.1 Å². The van der Waals surface area contributed by atoms with Gasteiger partial charge in [-0.1, -0.05) is 18.9 Å². The lowest BCUT2D eigenvalue weighted by Gasteiger charge is -2.24. The highest BCUT2D eigenvalue weighted by Gasteiger charge is 2.26. The van der Waals surface area contributed by atoms with E-state index in [1.807, 2.05) is 17.0 Å². The third kappa shape index (κ3) is 2.74. The Morgan fingerprint density at radius 1 is 1.20 bits per heavy atom. The van der Waals surface area contributed by atoms with Gasteiger partial charge < -0.3 is 16.0 Å². The Labute approximate surface area is 120 Å². The fourth-order valence-corrected chi connectivity index (χ4v) is 3.30. The first-order valence-corrected chi connectivity index (χ1v) is 7.68. The van der Waals surface area contributed by atoms with Crippen molar-refractivity contribution in [3.8, 4) is 0 Å². The van der Waals surface area contributed by atoms with E-state index in [4.69, 9.17) is 5.73 Å². The van der Waals surface area contributed by atoms with Crippen molar-refractivity contribution >= 4 is 11.7 Å². The van der Waals surface area contributed by atoms with Crippen LogP contribution in [0.25, 0.3) is 0 Å². The fraction of sp³-hybridized carbons (Fsp3) is 0.562. The zero-order valence-electron chi connectivity index (χ0n) is 11.9. The van der Waals surface area contributed by atoms with Crippen LogP contribution in [0, 0.1) is 0 Å². The third-order valence-corrected chi connectivity index (χ3v) is 4.44. The molecular formula is C16H23N3O. The zero-order chi connectivity index (χ0) is 13.9. The number of carbonyl (C=O) groups is 1. The predicted molar refractivity (Wildman–Crippen MR) is 80.5 cm³/mol. The largest absolute Gasteiger partial charge is 0.399 e. The zero-order valence-corrected chi connectivity index (χ0v) is 11.9. The van der Waals surface area contributed by atoms with Gasteiger partial charge in [-0.05, 0) is 48.9 Å². The van der Waals surface area contributed by atoms with Crippen LogP contribution in [0.15, 0.2) is 18.2 Å². The Bertz CT molecular complexity index is 492. The summed E-state index contributed by atoms with van der Waals surface area (Å²) in [4.78, 5) is 14.3. The number of likely N-dealkylation sites (tertiary alicyclic amines) is 1. The van der Waals surface area contributed by atoms with E-state index in [0.717, 1.165) is 44.5 Å². The molecule has 108 valence electrons. The van der Waals surface area contributed by atoms with Crippen molar-refractivity contribution in [3.05, 3.63) is 29.3 Å². The molecule has 2 amide bonds. The topological polar surface area (TPSA) is 58.4 Å². The van der Waals surface area contributed by atoms with Gasteiger partial charge in [-0.3, -0.25) is 0 Å². The average molecular weight is 273 g/mol. The van der Waals surface area contributed by atoms with Crippen molar-refractivity contribution in [1.29, 1.82) is 0 Å². The molecule has 1 unspecified atom stereocenters. The number of hydrogen-bond acceptors (Lipinski definition) is 2. The lowest BCUT2D eigenvalue weighted by Crippen LogP contribution is -2.41. The molecule has 1 aromatic rings. The van der Waals surface area contributed by atoms with E-state index in [9.17, 15) is 4.79 Å². The molecule has 1 atom stereocenters. The van der Waals surface area contributed by atoms with Crippen LogP contribution in [0.1, 0.15) is 49.3 Å². The lowest BCUT2D eigenvalue weighted by molar-refractivity contribution is 0.195. The number of fused-ring (bicyclic) bond motifs is 1. The number of amides is 2. The van der Waals surface area contributed by atoms with Crippen LogP contribution in [0.5, 0.6) is 0 Å². The fourth-order valence-electron chi connectivity index (χ4n) is 3.30. The summed E-state index contributed by atoms with van der Waals surface area (Å²) in [6, 6.07) is 6.27. The highest BCUT2D eigenvalue weighted by Crippen LogP contribution is 2.32. The molecule has 20 heavy (non-hydrogen) atoms. The molecule has 1 heterocycles. The molecule has 0 bridgehead atoms. The van der Waals surface area contributed by atoms with Crippen molar-refractivity contribution in [1.82, 2.24) is 10.2 Å². The molecule has 1 fully saturated rings. The van der Waals surface area contributed by atoms with E-state index in [1.165, 1.54) is 24.0 Å². The second-order valence-electron chi connectivity index (χ2n) is 5.90. The number of nitrogens with two attached hydrogens (primary N) is 1. The molecule has 0 aromatic heterocycles. The van der Waals surface area contributed by atoms with E-state index in [-0.39, 0.29) is 12.1 Å². The van der Waals surface area contributed by atoms with Crippen LogP contribution in [-0.4, -0.2) is 24.0 Å². The average Bonchev–Trinajstić information content (AvgIpc) is 2.66. The first-order chi connectivity index (χ1) is 9.74. The van der Waals surface area contributed by atoms with Gasteiger partial charge in [-0.25, -0.2) is 4.79 Å². The summed E-state index contributed by atoms with van der Waals surface area (Å²) in [5, 5.41) is 3.20. The molecule has 1 saturated heterocycles. The Balaban J connectivity index is 1.66. The van der Waals surface area contributed by atoms with Crippen LogP contribution in [-0.2, 0) is 6.42 Å². The minimum atomic E-state index is 0.0987. The summed E-state index contributed by atoms with van der Waals surface area (Å²) in [6.45, 7) is 1.79. The number of hydrogen-bond donors (Lipinski definition) is 2. The summed E-state index contributed by atoms with van der Waals surface area (Å²) >= 11 is 0. The maximum Gasteiger partial charge on any atom is 0.317 e.